The van der Waals surface area contributed by atoms with Crippen molar-refractivity contribution in [2.75, 3.05) is 0 Å². The van der Waals surface area contributed by atoms with E-state index in [0.29, 0.717) is 0 Å². The van der Waals surface area contributed by atoms with Crippen LogP contribution in [-0.2, 0) is 10.8 Å². The molecule has 0 saturated carbocycles. The SMILES string of the molecule is O=CO.[SiH3]Cc1ccccc1. The number of hydrogen-bond acceptors (Lipinski definition) is 1. The molecule has 0 heterocycles. The highest BCUT2D eigenvalue weighted by atomic mass is 28.1. The monoisotopic (exact) mass is 168 g/mol. The molecule has 1 N–H and O–H groups in total. The van der Waals surface area contributed by atoms with Crippen LogP contribution in [0.5, 0.6) is 0 Å². The summed E-state index contributed by atoms with van der Waals surface area (Å²) in [7, 11) is 1.28. The van der Waals surface area contributed by atoms with Crippen molar-refractivity contribution in [1.82, 2.24) is 0 Å². The van der Waals surface area contributed by atoms with Crippen molar-refractivity contribution in [1.29, 1.82) is 0 Å². The zero-order valence-electron chi connectivity index (χ0n) is 6.53. The fourth-order valence-electron chi connectivity index (χ4n) is 0.714. The van der Waals surface area contributed by atoms with E-state index in [4.69, 9.17) is 9.90 Å². The van der Waals surface area contributed by atoms with Gasteiger partial charge in [-0.2, -0.15) is 0 Å². The Balaban J connectivity index is 0.000000292. The van der Waals surface area contributed by atoms with Crippen LogP contribution in [0.2, 0.25) is 0 Å². The third-order valence-corrected chi connectivity index (χ3v) is 2.07. The van der Waals surface area contributed by atoms with Crippen molar-refractivity contribution >= 4 is 16.7 Å². The first kappa shape index (κ1) is 9.91. The van der Waals surface area contributed by atoms with Gasteiger partial charge in [0.15, 0.2) is 0 Å². The number of rotatable bonds is 1. The first-order valence-electron chi connectivity index (χ1n) is 3.47. The summed E-state index contributed by atoms with van der Waals surface area (Å²) in [5.41, 5.74) is 1.47. The Bertz CT molecular complexity index is 187. The van der Waals surface area contributed by atoms with E-state index in [-0.39, 0.29) is 6.47 Å². The molecule has 3 heteroatoms. The lowest BCUT2D eigenvalue weighted by Crippen LogP contribution is -1.78. The average Bonchev–Trinajstić information content (AvgIpc) is 2.08. The number of carboxylic acid groups (broad SMARTS) is 1. The summed E-state index contributed by atoms with van der Waals surface area (Å²) in [5.74, 6) is 0. The van der Waals surface area contributed by atoms with E-state index in [1.807, 2.05) is 0 Å². The highest BCUT2D eigenvalue weighted by Crippen LogP contribution is 1.95. The Hall–Kier alpha value is -1.09. The highest BCUT2D eigenvalue weighted by Gasteiger charge is 1.80. The molecule has 0 fully saturated rings. The molecule has 0 aliphatic heterocycles. The summed E-state index contributed by atoms with van der Waals surface area (Å²) in [4.78, 5) is 8.36. The highest BCUT2D eigenvalue weighted by molar-refractivity contribution is 6.08. The van der Waals surface area contributed by atoms with Gasteiger partial charge >= 0.3 is 0 Å². The lowest BCUT2D eigenvalue weighted by Gasteiger charge is -1.89. The van der Waals surface area contributed by atoms with E-state index in [1.54, 1.807) is 0 Å². The molecule has 60 valence electrons. The molecule has 0 unspecified atom stereocenters. The summed E-state index contributed by atoms with van der Waals surface area (Å²) in [5, 5.41) is 6.89. The maximum absolute atomic E-state index is 8.36. The summed E-state index contributed by atoms with van der Waals surface area (Å²) in [6, 6.07) is 11.9. The summed E-state index contributed by atoms with van der Waals surface area (Å²) in [6.07, 6.45) is 0. The van der Waals surface area contributed by atoms with Crippen LogP contribution in [0, 0.1) is 0 Å². The molecule has 11 heavy (non-hydrogen) atoms. The van der Waals surface area contributed by atoms with E-state index >= 15 is 0 Å². The molecule has 0 amide bonds. The molecule has 0 aliphatic carbocycles. The number of carbonyl (C=O) groups is 1. The van der Waals surface area contributed by atoms with E-state index in [0.717, 1.165) is 0 Å². The first-order chi connectivity index (χ1) is 5.35. The second kappa shape index (κ2) is 7.02. The standard InChI is InChI=1S/C7H10Si.CH2O2/c8-6-7-4-2-1-3-5-7;2-1-3/h1-5H,6H2,8H3;1H,(H,2,3). The third-order valence-electron chi connectivity index (χ3n) is 1.25. The zero-order valence-corrected chi connectivity index (χ0v) is 8.53. The molecule has 0 bridgehead atoms. The van der Waals surface area contributed by atoms with Crippen LogP contribution in [0.25, 0.3) is 0 Å². The Morgan fingerprint density at radius 1 is 1.36 bits per heavy atom. The van der Waals surface area contributed by atoms with Gasteiger partial charge in [0, 0.05) is 10.2 Å². The van der Waals surface area contributed by atoms with Gasteiger partial charge in [-0.05, 0) is 6.04 Å². The lowest BCUT2D eigenvalue weighted by molar-refractivity contribution is -0.122. The van der Waals surface area contributed by atoms with Crippen LogP contribution >= 0.6 is 0 Å². The van der Waals surface area contributed by atoms with Crippen LogP contribution in [0.3, 0.4) is 0 Å². The smallest absolute Gasteiger partial charge is 0.290 e. The minimum absolute atomic E-state index is 0.250. The molecule has 1 rings (SSSR count). The minimum atomic E-state index is -0.250. The number of hydrogen-bond donors (Lipinski definition) is 1. The van der Waals surface area contributed by atoms with Crippen molar-refractivity contribution in [3.8, 4) is 0 Å². The predicted molar refractivity (Wildman–Crippen MR) is 48.8 cm³/mol. The molecule has 0 spiro atoms. The van der Waals surface area contributed by atoms with Crippen LogP contribution in [0.4, 0.5) is 0 Å². The molecule has 1 aromatic rings. The fourth-order valence-corrected chi connectivity index (χ4v) is 1.19. The predicted octanol–water partition coefficient (Wildman–Crippen LogP) is 0.253. The average molecular weight is 168 g/mol. The zero-order chi connectivity index (χ0) is 8.53. The van der Waals surface area contributed by atoms with Gasteiger partial charge in [0.25, 0.3) is 6.47 Å². The van der Waals surface area contributed by atoms with Crippen molar-refractivity contribution in [3.05, 3.63) is 35.9 Å². The Morgan fingerprint density at radius 2 is 1.82 bits per heavy atom. The molecule has 0 aromatic heterocycles. The van der Waals surface area contributed by atoms with Gasteiger partial charge < -0.3 is 5.11 Å². The molecule has 1 aromatic carbocycles. The second-order valence-electron chi connectivity index (χ2n) is 1.94. The molecule has 0 atom stereocenters. The van der Waals surface area contributed by atoms with Crippen molar-refractivity contribution in [2.45, 2.75) is 6.04 Å². The molecular weight excluding hydrogens is 156 g/mol. The fraction of sp³-hybridized carbons (Fsp3) is 0.125. The van der Waals surface area contributed by atoms with Crippen LogP contribution in [0.1, 0.15) is 5.56 Å². The van der Waals surface area contributed by atoms with Crippen LogP contribution in [0.15, 0.2) is 30.3 Å². The molecule has 0 saturated heterocycles. The maximum atomic E-state index is 8.36. The summed E-state index contributed by atoms with van der Waals surface area (Å²) in [6.45, 7) is -0.250. The normalized spacial score (nSPS) is 8.00. The van der Waals surface area contributed by atoms with Crippen molar-refractivity contribution in [3.63, 3.8) is 0 Å². The number of benzene rings is 1. The lowest BCUT2D eigenvalue weighted by atomic mass is 10.2. The van der Waals surface area contributed by atoms with E-state index in [2.05, 4.69) is 30.3 Å². The quantitative estimate of drug-likeness (QED) is 0.482. The van der Waals surface area contributed by atoms with Crippen LogP contribution in [-0.4, -0.2) is 21.8 Å². The Morgan fingerprint density at radius 3 is 2.09 bits per heavy atom. The topological polar surface area (TPSA) is 37.3 Å². The van der Waals surface area contributed by atoms with E-state index in [1.165, 1.54) is 21.9 Å². The van der Waals surface area contributed by atoms with E-state index < -0.39 is 0 Å². The third kappa shape index (κ3) is 5.36. The van der Waals surface area contributed by atoms with Crippen molar-refractivity contribution in [2.24, 2.45) is 0 Å². The van der Waals surface area contributed by atoms with E-state index in [9.17, 15) is 0 Å². The summed E-state index contributed by atoms with van der Waals surface area (Å²) >= 11 is 0. The first-order valence-corrected chi connectivity index (χ1v) is 4.88. The molecule has 0 radical (unpaired) electrons. The largest absolute Gasteiger partial charge is 0.483 e. The van der Waals surface area contributed by atoms with Crippen LogP contribution < -0.4 is 0 Å². The van der Waals surface area contributed by atoms with Gasteiger partial charge in [-0.1, -0.05) is 35.9 Å². The molecule has 0 aliphatic rings. The second-order valence-corrected chi connectivity index (χ2v) is 2.65. The Labute approximate surface area is 69.3 Å². The molecule has 2 nitrogen and oxygen atoms in total. The van der Waals surface area contributed by atoms with Gasteiger partial charge in [-0.3, -0.25) is 4.79 Å². The van der Waals surface area contributed by atoms with Gasteiger partial charge in [0.2, 0.25) is 0 Å². The van der Waals surface area contributed by atoms with Gasteiger partial charge in [0.1, 0.15) is 0 Å². The van der Waals surface area contributed by atoms with Gasteiger partial charge in [-0.15, -0.1) is 0 Å². The minimum Gasteiger partial charge on any atom is -0.483 e. The summed E-state index contributed by atoms with van der Waals surface area (Å²) < 4.78 is 0. The molecular formula is C8H12O2Si. The van der Waals surface area contributed by atoms with Gasteiger partial charge in [-0.25, -0.2) is 0 Å². The van der Waals surface area contributed by atoms with Gasteiger partial charge in [0.05, 0.1) is 0 Å². The maximum Gasteiger partial charge on any atom is 0.290 e. The van der Waals surface area contributed by atoms with Crippen molar-refractivity contribution < 1.29 is 9.90 Å². The Kier molecular flexibility index (Phi) is 6.32.